The Bertz CT molecular complexity index is 585. The molecular formula is C13H10N2O2S. The SMILES string of the molecule is O=Cc1cc(S)c(Nc2ccccc2)c(N=O)c1. The van der Waals surface area contributed by atoms with E-state index in [-0.39, 0.29) is 5.69 Å². The number of nitrogens with zero attached hydrogens (tertiary/aromatic N) is 1. The third kappa shape index (κ3) is 2.57. The lowest BCUT2D eigenvalue weighted by atomic mass is 10.2. The van der Waals surface area contributed by atoms with E-state index >= 15 is 0 Å². The molecule has 0 saturated heterocycles. The molecule has 0 unspecified atom stereocenters. The number of carbonyl (C=O) groups is 1. The highest BCUT2D eigenvalue weighted by Crippen LogP contribution is 2.34. The summed E-state index contributed by atoms with van der Waals surface area (Å²) in [6.07, 6.45) is 0.653. The van der Waals surface area contributed by atoms with Crippen molar-refractivity contribution in [1.82, 2.24) is 0 Å². The molecule has 0 aliphatic carbocycles. The van der Waals surface area contributed by atoms with Crippen LogP contribution in [0.3, 0.4) is 0 Å². The Hall–Kier alpha value is -2.14. The second-order valence-electron chi connectivity index (χ2n) is 3.63. The molecule has 2 aromatic carbocycles. The van der Waals surface area contributed by atoms with Gasteiger partial charge < -0.3 is 5.32 Å². The number of rotatable bonds is 4. The number of hydrogen-bond donors (Lipinski definition) is 2. The molecule has 0 amide bonds. The van der Waals surface area contributed by atoms with E-state index in [1.807, 2.05) is 30.3 Å². The fourth-order valence-corrected chi connectivity index (χ4v) is 1.89. The molecule has 90 valence electrons. The van der Waals surface area contributed by atoms with Gasteiger partial charge in [-0.1, -0.05) is 18.2 Å². The largest absolute Gasteiger partial charge is 0.353 e. The summed E-state index contributed by atoms with van der Waals surface area (Å²) in [6, 6.07) is 12.3. The molecule has 4 nitrogen and oxygen atoms in total. The minimum absolute atomic E-state index is 0.161. The maximum Gasteiger partial charge on any atom is 0.150 e. The van der Waals surface area contributed by atoms with Crippen LogP contribution in [0.5, 0.6) is 0 Å². The van der Waals surface area contributed by atoms with Gasteiger partial charge in [0.25, 0.3) is 0 Å². The molecule has 1 N–H and O–H groups in total. The highest BCUT2D eigenvalue weighted by molar-refractivity contribution is 7.80. The predicted molar refractivity (Wildman–Crippen MR) is 74.3 cm³/mol. The Labute approximate surface area is 109 Å². The number of nitrogens with one attached hydrogen (secondary N) is 1. The molecule has 0 bridgehead atoms. The van der Waals surface area contributed by atoms with Crippen molar-refractivity contribution >= 4 is 36.0 Å². The summed E-state index contributed by atoms with van der Waals surface area (Å²) < 4.78 is 0. The lowest BCUT2D eigenvalue weighted by Crippen LogP contribution is -1.93. The highest BCUT2D eigenvalue weighted by atomic mass is 32.1. The highest BCUT2D eigenvalue weighted by Gasteiger charge is 2.09. The molecule has 0 spiro atoms. The molecule has 0 heterocycles. The number of hydrogen-bond acceptors (Lipinski definition) is 5. The minimum atomic E-state index is 0.161. The van der Waals surface area contributed by atoms with Crippen molar-refractivity contribution in [2.45, 2.75) is 4.90 Å². The van der Waals surface area contributed by atoms with Crippen molar-refractivity contribution in [1.29, 1.82) is 0 Å². The lowest BCUT2D eigenvalue weighted by molar-refractivity contribution is 0.112. The van der Waals surface area contributed by atoms with Crippen LogP contribution in [0.15, 0.2) is 52.5 Å². The maximum absolute atomic E-state index is 10.8. The monoisotopic (exact) mass is 258 g/mol. The van der Waals surface area contributed by atoms with E-state index in [0.717, 1.165) is 5.69 Å². The van der Waals surface area contributed by atoms with Crippen LogP contribution in [0.4, 0.5) is 17.1 Å². The molecule has 0 aliphatic rings. The third-order valence-electron chi connectivity index (χ3n) is 2.40. The van der Waals surface area contributed by atoms with Crippen molar-refractivity contribution in [3.8, 4) is 0 Å². The molecule has 0 radical (unpaired) electrons. The van der Waals surface area contributed by atoms with E-state index in [0.29, 0.717) is 22.4 Å². The number of anilines is 2. The Morgan fingerprint density at radius 3 is 2.50 bits per heavy atom. The smallest absolute Gasteiger partial charge is 0.150 e. The van der Waals surface area contributed by atoms with E-state index in [9.17, 15) is 9.70 Å². The number of aldehydes is 1. The van der Waals surface area contributed by atoms with Crippen molar-refractivity contribution < 1.29 is 4.79 Å². The molecule has 0 saturated carbocycles. The maximum atomic E-state index is 10.8. The lowest BCUT2D eigenvalue weighted by Gasteiger charge is -2.11. The van der Waals surface area contributed by atoms with Crippen LogP contribution in [0.1, 0.15) is 10.4 Å². The molecule has 0 fully saturated rings. The van der Waals surface area contributed by atoms with E-state index in [2.05, 4.69) is 23.1 Å². The van der Waals surface area contributed by atoms with Crippen molar-refractivity contribution in [2.24, 2.45) is 5.18 Å². The minimum Gasteiger partial charge on any atom is -0.353 e. The Balaban J connectivity index is 2.44. The van der Waals surface area contributed by atoms with E-state index in [1.54, 1.807) is 6.07 Å². The number of benzene rings is 2. The van der Waals surface area contributed by atoms with Gasteiger partial charge in [0.05, 0.1) is 5.69 Å². The van der Waals surface area contributed by atoms with E-state index < -0.39 is 0 Å². The zero-order valence-electron chi connectivity index (χ0n) is 9.33. The van der Waals surface area contributed by atoms with Gasteiger partial charge in [0.1, 0.15) is 12.0 Å². The average Bonchev–Trinajstić information content (AvgIpc) is 2.42. The topological polar surface area (TPSA) is 58.5 Å². The number of thiol groups is 1. The van der Waals surface area contributed by atoms with Crippen molar-refractivity contribution in [2.75, 3.05) is 5.32 Å². The fraction of sp³-hybridized carbons (Fsp3) is 0. The van der Waals surface area contributed by atoms with Crippen LogP contribution in [0, 0.1) is 4.91 Å². The molecule has 0 aliphatic heterocycles. The summed E-state index contributed by atoms with van der Waals surface area (Å²) in [5, 5.41) is 5.97. The fourth-order valence-electron chi connectivity index (χ4n) is 1.57. The first-order valence-corrected chi connectivity index (χ1v) is 5.67. The van der Waals surface area contributed by atoms with Crippen LogP contribution in [-0.4, -0.2) is 6.29 Å². The summed E-state index contributed by atoms with van der Waals surface area (Å²) in [6.45, 7) is 0. The summed E-state index contributed by atoms with van der Waals surface area (Å²) in [7, 11) is 0. The first-order valence-electron chi connectivity index (χ1n) is 5.22. The van der Waals surface area contributed by atoms with Gasteiger partial charge in [-0.3, -0.25) is 4.79 Å². The van der Waals surface area contributed by atoms with Crippen LogP contribution >= 0.6 is 12.6 Å². The average molecular weight is 258 g/mol. The second-order valence-corrected chi connectivity index (χ2v) is 4.12. The molecule has 2 aromatic rings. The zero-order valence-corrected chi connectivity index (χ0v) is 10.2. The number of para-hydroxylation sites is 1. The van der Waals surface area contributed by atoms with Crippen LogP contribution in [0.25, 0.3) is 0 Å². The van der Waals surface area contributed by atoms with E-state index in [4.69, 9.17) is 0 Å². The Morgan fingerprint density at radius 1 is 1.17 bits per heavy atom. The quantitative estimate of drug-likeness (QED) is 0.496. The number of nitroso groups, excluding NO2 is 1. The van der Waals surface area contributed by atoms with Crippen molar-refractivity contribution in [3.05, 3.63) is 52.9 Å². The first-order chi connectivity index (χ1) is 8.74. The summed E-state index contributed by atoms with van der Waals surface area (Å²) in [4.78, 5) is 22.0. The molecule has 18 heavy (non-hydrogen) atoms. The second kappa shape index (κ2) is 5.46. The standard InChI is InChI=1S/C13H10N2O2S/c16-8-9-6-11(15-17)13(12(18)7-9)14-10-4-2-1-3-5-10/h1-8,14,18H. The van der Waals surface area contributed by atoms with Gasteiger partial charge >= 0.3 is 0 Å². The summed E-state index contributed by atoms with van der Waals surface area (Å²) in [5.74, 6) is 0. The van der Waals surface area contributed by atoms with Gasteiger partial charge in [0, 0.05) is 16.1 Å². The molecule has 2 rings (SSSR count). The molecular weight excluding hydrogens is 248 g/mol. The van der Waals surface area contributed by atoms with Gasteiger partial charge in [-0.15, -0.1) is 17.5 Å². The third-order valence-corrected chi connectivity index (χ3v) is 2.75. The van der Waals surface area contributed by atoms with Crippen LogP contribution < -0.4 is 5.32 Å². The number of carbonyl (C=O) groups excluding carboxylic acids is 1. The van der Waals surface area contributed by atoms with Crippen LogP contribution in [-0.2, 0) is 0 Å². The van der Waals surface area contributed by atoms with Crippen LogP contribution in [0.2, 0.25) is 0 Å². The Morgan fingerprint density at radius 2 is 1.89 bits per heavy atom. The normalized spacial score (nSPS) is 9.83. The zero-order chi connectivity index (χ0) is 13.0. The molecule has 5 heteroatoms. The molecule has 0 aromatic heterocycles. The van der Waals surface area contributed by atoms with Gasteiger partial charge in [-0.2, -0.15) is 0 Å². The molecule has 0 atom stereocenters. The van der Waals surface area contributed by atoms with Gasteiger partial charge in [-0.25, -0.2) is 0 Å². The van der Waals surface area contributed by atoms with Crippen molar-refractivity contribution in [3.63, 3.8) is 0 Å². The predicted octanol–water partition coefficient (Wildman–Crippen LogP) is 3.93. The first kappa shape index (κ1) is 12.3. The summed E-state index contributed by atoms with van der Waals surface area (Å²) in [5.41, 5.74) is 1.84. The van der Waals surface area contributed by atoms with Gasteiger partial charge in [0.2, 0.25) is 0 Å². The van der Waals surface area contributed by atoms with Gasteiger partial charge in [-0.05, 0) is 29.4 Å². The van der Waals surface area contributed by atoms with E-state index in [1.165, 1.54) is 6.07 Å². The Kier molecular flexibility index (Phi) is 3.74. The summed E-state index contributed by atoms with van der Waals surface area (Å²) >= 11 is 4.26. The van der Waals surface area contributed by atoms with Gasteiger partial charge in [0.15, 0.2) is 0 Å².